The fourth-order valence-corrected chi connectivity index (χ4v) is 2.28. The molecule has 19 heavy (non-hydrogen) atoms. The molecule has 2 rings (SSSR count). The molecule has 2 heteroatoms. The molecule has 0 aliphatic heterocycles. The van der Waals surface area contributed by atoms with E-state index in [0.717, 1.165) is 5.69 Å². The molecule has 0 spiro atoms. The third kappa shape index (κ3) is 3.21. The highest BCUT2D eigenvalue weighted by Gasteiger charge is 2.13. The molecule has 0 radical (unpaired) electrons. The van der Waals surface area contributed by atoms with Gasteiger partial charge in [-0.05, 0) is 48.7 Å². The van der Waals surface area contributed by atoms with E-state index < -0.39 is 0 Å². The zero-order chi connectivity index (χ0) is 13.8. The number of rotatable bonds is 4. The van der Waals surface area contributed by atoms with Gasteiger partial charge in [0, 0.05) is 6.20 Å². The molecule has 2 nitrogen and oxygen atoms in total. The lowest BCUT2D eigenvalue weighted by molar-refractivity contribution is 0.669. The molecule has 1 aromatic heterocycles. The lowest BCUT2D eigenvalue weighted by atomic mass is 9.97. The summed E-state index contributed by atoms with van der Waals surface area (Å²) < 4.78 is 0. The van der Waals surface area contributed by atoms with Gasteiger partial charge in [0.15, 0.2) is 0 Å². The van der Waals surface area contributed by atoms with Crippen LogP contribution in [0.2, 0.25) is 0 Å². The summed E-state index contributed by atoms with van der Waals surface area (Å²) in [6.45, 7) is 6.53. The predicted octanol–water partition coefficient (Wildman–Crippen LogP) is 3.82. The number of nitrogens with one attached hydrogen (secondary N) is 1. The number of pyridine rings is 1. The van der Waals surface area contributed by atoms with Crippen molar-refractivity contribution in [2.24, 2.45) is 0 Å². The second-order valence-corrected chi connectivity index (χ2v) is 5.30. The van der Waals surface area contributed by atoms with Crippen LogP contribution in [0.5, 0.6) is 0 Å². The number of nitrogens with zero attached hydrogens (tertiary/aromatic N) is 1. The Morgan fingerprint density at radius 1 is 1.00 bits per heavy atom. The summed E-state index contributed by atoms with van der Waals surface area (Å²) >= 11 is 0. The summed E-state index contributed by atoms with van der Waals surface area (Å²) in [6, 6.07) is 13.1. The van der Waals surface area contributed by atoms with Crippen molar-refractivity contribution in [1.82, 2.24) is 10.3 Å². The highest BCUT2D eigenvalue weighted by atomic mass is 14.9. The van der Waals surface area contributed by atoms with E-state index in [2.05, 4.69) is 61.4 Å². The molecule has 0 amide bonds. The van der Waals surface area contributed by atoms with Crippen LogP contribution in [-0.4, -0.2) is 12.0 Å². The molecular formula is C17H22N2. The molecule has 1 unspecified atom stereocenters. The minimum absolute atomic E-state index is 0.154. The normalized spacial score (nSPS) is 12.7. The van der Waals surface area contributed by atoms with Gasteiger partial charge in [-0.25, -0.2) is 0 Å². The van der Waals surface area contributed by atoms with Crippen LogP contribution in [-0.2, 0) is 0 Å². The molecule has 0 aliphatic carbocycles. The number of aryl methyl sites for hydroxylation is 1. The van der Waals surface area contributed by atoms with Crippen LogP contribution in [0.15, 0.2) is 42.6 Å². The van der Waals surface area contributed by atoms with Gasteiger partial charge in [-0.2, -0.15) is 0 Å². The van der Waals surface area contributed by atoms with E-state index in [1.807, 2.05) is 19.3 Å². The maximum absolute atomic E-state index is 4.48. The topological polar surface area (TPSA) is 24.9 Å². The zero-order valence-corrected chi connectivity index (χ0v) is 12.1. The Kier molecular flexibility index (Phi) is 4.33. The van der Waals surface area contributed by atoms with Crippen LogP contribution in [0, 0.1) is 6.92 Å². The Morgan fingerprint density at radius 2 is 1.63 bits per heavy atom. The van der Waals surface area contributed by atoms with Gasteiger partial charge < -0.3 is 5.32 Å². The predicted molar refractivity (Wildman–Crippen MR) is 80.4 cm³/mol. The van der Waals surface area contributed by atoms with Crippen molar-refractivity contribution in [1.29, 1.82) is 0 Å². The molecule has 0 aliphatic rings. The largest absolute Gasteiger partial charge is 0.308 e. The average molecular weight is 254 g/mol. The average Bonchev–Trinajstić information content (AvgIpc) is 2.40. The van der Waals surface area contributed by atoms with Gasteiger partial charge in [-0.3, -0.25) is 4.98 Å². The van der Waals surface area contributed by atoms with Gasteiger partial charge >= 0.3 is 0 Å². The summed E-state index contributed by atoms with van der Waals surface area (Å²) in [5.41, 5.74) is 4.93. The van der Waals surface area contributed by atoms with E-state index in [0.29, 0.717) is 5.92 Å². The summed E-state index contributed by atoms with van der Waals surface area (Å²) in [5.74, 6) is 0.569. The van der Waals surface area contributed by atoms with Crippen LogP contribution >= 0.6 is 0 Å². The van der Waals surface area contributed by atoms with Crippen molar-refractivity contribution in [3.8, 4) is 0 Å². The van der Waals surface area contributed by atoms with E-state index in [9.17, 15) is 0 Å². The van der Waals surface area contributed by atoms with E-state index in [1.165, 1.54) is 16.7 Å². The van der Waals surface area contributed by atoms with Gasteiger partial charge in [0.1, 0.15) is 0 Å². The second kappa shape index (κ2) is 5.98. The number of hydrogen-bond acceptors (Lipinski definition) is 2. The Hall–Kier alpha value is -1.67. The minimum atomic E-state index is 0.154. The Balaban J connectivity index is 2.31. The highest BCUT2D eigenvalue weighted by molar-refractivity contribution is 5.32. The Bertz CT molecular complexity index is 529. The van der Waals surface area contributed by atoms with Crippen molar-refractivity contribution in [3.63, 3.8) is 0 Å². The molecule has 100 valence electrons. The molecule has 1 aromatic carbocycles. The first-order chi connectivity index (χ1) is 9.11. The van der Waals surface area contributed by atoms with Crippen LogP contribution in [0.1, 0.15) is 48.2 Å². The van der Waals surface area contributed by atoms with Crippen molar-refractivity contribution in [2.45, 2.75) is 32.7 Å². The minimum Gasteiger partial charge on any atom is -0.308 e. The first kappa shape index (κ1) is 13.8. The quantitative estimate of drug-likeness (QED) is 0.897. The first-order valence-electron chi connectivity index (χ1n) is 6.81. The van der Waals surface area contributed by atoms with E-state index >= 15 is 0 Å². The van der Waals surface area contributed by atoms with E-state index in [1.54, 1.807) is 0 Å². The number of aromatic nitrogens is 1. The van der Waals surface area contributed by atoms with Gasteiger partial charge in [0.2, 0.25) is 0 Å². The van der Waals surface area contributed by atoms with Crippen LogP contribution < -0.4 is 5.32 Å². The summed E-state index contributed by atoms with van der Waals surface area (Å²) in [5, 5.41) is 3.35. The van der Waals surface area contributed by atoms with Crippen molar-refractivity contribution >= 4 is 0 Å². The van der Waals surface area contributed by atoms with Crippen molar-refractivity contribution < 1.29 is 0 Å². The maximum atomic E-state index is 4.48. The molecule has 1 heterocycles. The van der Waals surface area contributed by atoms with E-state index in [4.69, 9.17) is 0 Å². The molecular weight excluding hydrogens is 232 g/mol. The molecule has 1 N–H and O–H groups in total. The zero-order valence-electron chi connectivity index (χ0n) is 12.1. The maximum Gasteiger partial charge on any atom is 0.0749 e. The van der Waals surface area contributed by atoms with Crippen LogP contribution in [0.4, 0.5) is 0 Å². The number of benzene rings is 1. The van der Waals surface area contributed by atoms with Crippen molar-refractivity contribution in [2.75, 3.05) is 7.05 Å². The third-order valence-corrected chi connectivity index (χ3v) is 3.46. The molecule has 0 fully saturated rings. The van der Waals surface area contributed by atoms with Gasteiger partial charge in [-0.15, -0.1) is 0 Å². The Labute approximate surface area is 115 Å². The standard InChI is InChI=1S/C17H22N2/c1-12(2)14-5-7-15(8-6-14)17(18-4)16-11-13(3)9-10-19-16/h5-12,17-18H,1-4H3. The smallest absolute Gasteiger partial charge is 0.0749 e. The fourth-order valence-electron chi connectivity index (χ4n) is 2.28. The molecule has 0 saturated carbocycles. The second-order valence-electron chi connectivity index (χ2n) is 5.30. The monoisotopic (exact) mass is 254 g/mol. The number of hydrogen-bond donors (Lipinski definition) is 1. The lowest BCUT2D eigenvalue weighted by Gasteiger charge is -2.17. The van der Waals surface area contributed by atoms with E-state index in [-0.39, 0.29) is 6.04 Å². The molecule has 0 saturated heterocycles. The first-order valence-corrected chi connectivity index (χ1v) is 6.81. The summed E-state index contributed by atoms with van der Waals surface area (Å²) in [7, 11) is 1.98. The lowest BCUT2D eigenvalue weighted by Crippen LogP contribution is -2.19. The summed E-state index contributed by atoms with van der Waals surface area (Å²) in [6.07, 6.45) is 1.87. The fraction of sp³-hybridized carbons (Fsp3) is 0.353. The Morgan fingerprint density at radius 3 is 2.16 bits per heavy atom. The third-order valence-electron chi connectivity index (χ3n) is 3.46. The molecule has 2 aromatic rings. The molecule has 0 bridgehead atoms. The van der Waals surface area contributed by atoms with Crippen molar-refractivity contribution in [3.05, 3.63) is 65.0 Å². The van der Waals surface area contributed by atoms with Gasteiger partial charge in [-0.1, -0.05) is 38.1 Å². The van der Waals surface area contributed by atoms with Crippen LogP contribution in [0.3, 0.4) is 0 Å². The SMILES string of the molecule is CNC(c1ccc(C(C)C)cc1)c1cc(C)ccn1. The van der Waals surface area contributed by atoms with Gasteiger partial charge in [0.25, 0.3) is 0 Å². The highest BCUT2D eigenvalue weighted by Crippen LogP contribution is 2.23. The van der Waals surface area contributed by atoms with Gasteiger partial charge in [0.05, 0.1) is 11.7 Å². The van der Waals surface area contributed by atoms with Crippen LogP contribution in [0.25, 0.3) is 0 Å². The molecule has 1 atom stereocenters. The summed E-state index contributed by atoms with van der Waals surface area (Å²) in [4.78, 5) is 4.48.